The van der Waals surface area contributed by atoms with Gasteiger partial charge in [0, 0.05) is 47.9 Å². The van der Waals surface area contributed by atoms with Crippen molar-refractivity contribution in [3.8, 4) is 0 Å². The summed E-state index contributed by atoms with van der Waals surface area (Å²) in [6, 6.07) is 11.6. The number of benzene rings is 2. The lowest BCUT2D eigenvalue weighted by Crippen LogP contribution is -2.34. The van der Waals surface area contributed by atoms with E-state index in [1.807, 2.05) is 36.0 Å². The molecule has 6 nitrogen and oxygen atoms in total. The fraction of sp³-hybridized carbons (Fsp3) is 0.316. The van der Waals surface area contributed by atoms with Gasteiger partial charge >= 0.3 is 0 Å². The Morgan fingerprint density at radius 1 is 1.19 bits per heavy atom. The van der Waals surface area contributed by atoms with E-state index in [1.54, 1.807) is 0 Å². The van der Waals surface area contributed by atoms with Gasteiger partial charge in [0.25, 0.3) is 11.6 Å². The van der Waals surface area contributed by atoms with Crippen LogP contribution in [0, 0.1) is 10.1 Å². The lowest BCUT2D eigenvalue weighted by molar-refractivity contribution is -0.385. The highest BCUT2D eigenvalue weighted by Gasteiger charge is 2.20. The zero-order valence-corrected chi connectivity index (χ0v) is 16.3. The third-order valence-electron chi connectivity index (χ3n) is 4.43. The average Bonchev–Trinajstić information content (AvgIpc) is 2.68. The standard InChI is InChI=1S/C19H20ClN3O3S/c20-15-3-6-17(18(13-15)23(25)26)19(24)21-16-4-1-14(2-5-16)7-8-22-9-11-27-12-10-22/h1-6,13H,7-12H2,(H,21,24). The maximum absolute atomic E-state index is 12.4. The molecule has 142 valence electrons. The molecule has 0 unspecified atom stereocenters. The third-order valence-corrected chi connectivity index (χ3v) is 5.61. The third kappa shape index (κ3) is 5.45. The van der Waals surface area contributed by atoms with E-state index in [4.69, 9.17) is 11.6 Å². The molecule has 27 heavy (non-hydrogen) atoms. The minimum absolute atomic E-state index is 0.0172. The predicted octanol–water partition coefficient (Wildman–Crippen LogP) is 4.09. The van der Waals surface area contributed by atoms with Crippen LogP contribution in [-0.4, -0.2) is 46.9 Å². The summed E-state index contributed by atoms with van der Waals surface area (Å²) in [6.07, 6.45) is 0.960. The van der Waals surface area contributed by atoms with Crippen molar-refractivity contribution in [2.45, 2.75) is 6.42 Å². The van der Waals surface area contributed by atoms with Gasteiger partial charge in [-0.2, -0.15) is 11.8 Å². The van der Waals surface area contributed by atoms with E-state index in [-0.39, 0.29) is 16.3 Å². The SMILES string of the molecule is O=C(Nc1ccc(CCN2CCSCC2)cc1)c1ccc(Cl)cc1[N+](=O)[O-]. The molecule has 0 saturated carbocycles. The molecule has 1 aliphatic rings. The zero-order chi connectivity index (χ0) is 19.2. The summed E-state index contributed by atoms with van der Waals surface area (Å²) < 4.78 is 0. The summed E-state index contributed by atoms with van der Waals surface area (Å²) in [5.74, 6) is 1.86. The first-order valence-corrected chi connectivity index (χ1v) is 10.2. The number of hydrogen-bond donors (Lipinski definition) is 1. The Morgan fingerprint density at radius 3 is 2.56 bits per heavy atom. The second-order valence-corrected chi connectivity index (χ2v) is 7.93. The maximum atomic E-state index is 12.4. The van der Waals surface area contributed by atoms with Gasteiger partial charge in [-0.05, 0) is 36.2 Å². The normalized spacial score (nSPS) is 14.7. The molecule has 8 heteroatoms. The molecule has 0 atom stereocenters. The molecule has 1 heterocycles. The van der Waals surface area contributed by atoms with E-state index >= 15 is 0 Å². The average molecular weight is 406 g/mol. The van der Waals surface area contributed by atoms with Crippen molar-refractivity contribution in [1.29, 1.82) is 0 Å². The number of rotatable bonds is 6. The Hall–Kier alpha value is -2.09. The molecular formula is C19H20ClN3O3S. The van der Waals surface area contributed by atoms with Crippen molar-refractivity contribution >= 4 is 40.6 Å². The van der Waals surface area contributed by atoms with Crippen molar-refractivity contribution < 1.29 is 9.72 Å². The molecule has 1 aliphatic heterocycles. The van der Waals surface area contributed by atoms with Gasteiger partial charge in [-0.25, -0.2) is 0 Å². The van der Waals surface area contributed by atoms with Crippen LogP contribution in [0.5, 0.6) is 0 Å². The lowest BCUT2D eigenvalue weighted by Gasteiger charge is -2.26. The number of anilines is 1. The molecule has 1 amide bonds. The highest BCUT2D eigenvalue weighted by atomic mass is 35.5. The van der Waals surface area contributed by atoms with Gasteiger partial charge in [0.2, 0.25) is 0 Å². The van der Waals surface area contributed by atoms with Crippen LogP contribution in [0.15, 0.2) is 42.5 Å². The lowest BCUT2D eigenvalue weighted by atomic mass is 10.1. The second-order valence-electron chi connectivity index (χ2n) is 6.27. The Bertz CT molecular complexity index is 823. The van der Waals surface area contributed by atoms with E-state index in [2.05, 4.69) is 10.2 Å². The number of nitro benzene ring substituents is 1. The molecule has 2 aromatic rings. The minimum Gasteiger partial charge on any atom is -0.322 e. The molecule has 1 fully saturated rings. The summed E-state index contributed by atoms with van der Waals surface area (Å²) >= 11 is 7.79. The number of thioether (sulfide) groups is 1. The Kier molecular flexibility index (Phi) is 6.71. The van der Waals surface area contributed by atoms with E-state index in [9.17, 15) is 14.9 Å². The molecular weight excluding hydrogens is 386 g/mol. The highest BCUT2D eigenvalue weighted by Crippen LogP contribution is 2.24. The molecule has 0 radical (unpaired) electrons. The van der Waals surface area contributed by atoms with Crippen LogP contribution in [-0.2, 0) is 6.42 Å². The first kappa shape index (κ1) is 19.7. The molecule has 1 N–H and O–H groups in total. The predicted molar refractivity (Wildman–Crippen MR) is 110 cm³/mol. The summed E-state index contributed by atoms with van der Waals surface area (Å²) in [5.41, 5.74) is 1.47. The number of hydrogen-bond acceptors (Lipinski definition) is 5. The van der Waals surface area contributed by atoms with Crippen LogP contribution >= 0.6 is 23.4 Å². The first-order valence-electron chi connectivity index (χ1n) is 8.67. The van der Waals surface area contributed by atoms with Crippen molar-refractivity contribution in [3.05, 3.63) is 68.7 Å². The van der Waals surface area contributed by atoms with Crippen molar-refractivity contribution in [2.75, 3.05) is 36.5 Å². The molecule has 3 rings (SSSR count). The van der Waals surface area contributed by atoms with Gasteiger partial charge in [-0.3, -0.25) is 14.9 Å². The molecule has 1 saturated heterocycles. The second kappa shape index (κ2) is 9.21. The summed E-state index contributed by atoms with van der Waals surface area (Å²) in [7, 11) is 0. The smallest absolute Gasteiger partial charge is 0.283 e. The van der Waals surface area contributed by atoms with E-state index in [0.29, 0.717) is 5.69 Å². The number of carbonyl (C=O) groups excluding carboxylic acids is 1. The molecule has 2 aromatic carbocycles. The molecule has 0 aliphatic carbocycles. The van der Waals surface area contributed by atoms with Crippen molar-refractivity contribution in [1.82, 2.24) is 4.90 Å². The van der Waals surface area contributed by atoms with E-state index < -0.39 is 10.8 Å². The quantitative estimate of drug-likeness (QED) is 0.578. The number of nitro groups is 1. The maximum Gasteiger partial charge on any atom is 0.283 e. The largest absolute Gasteiger partial charge is 0.322 e. The number of nitrogens with zero attached hydrogens (tertiary/aromatic N) is 2. The van der Waals surface area contributed by atoms with Gasteiger partial charge in [0.05, 0.1) is 4.92 Å². The molecule has 0 spiro atoms. The van der Waals surface area contributed by atoms with Gasteiger partial charge in [0.1, 0.15) is 5.56 Å². The van der Waals surface area contributed by atoms with E-state index in [1.165, 1.54) is 35.3 Å². The number of carbonyl (C=O) groups is 1. The molecule has 0 bridgehead atoms. The summed E-state index contributed by atoms with van der Waals surface area (Å²) in [4.78, 5) is 25.4. The Balaban J connectivity index is 1.61. The fourth-order valence-corrected chi connectivity index (χ4v) is 4.06. The number of halogens is 1. The van der Waals surface area contributed by atoms with Gasteiger partial charge in [-0.15, -0.1) is 0 Å². The number of amides is 1. The van der Waals surface area contributed by atoms with E-state index in [0.717, 1.165) is 26.1 Å². The van der Waals surface area contributed by atoms with Crippen LogP contribution in [0.4, 0.5) is 11.4 Å². The molecule has 0 aromatic heterocycles. The van der Waals surface area contributed by atoms with Crippen LogP contribution in [0.1, 0.15) is 15.9 Å². The topological polar surface area (TPSA) is 75.5 Å². The fourth-order valence-electron chi connectivity index (χ4n) is 2.91. The summed E-state index contributed by atoms with van der Waals surface area (Å²) in [5, 5.41) is 14.1. The Labute approximate surface area is 167 Å². The van der Waals surface area contributed by atoms with Gasteiger partial charge in [0.15, 0.2) is 0 Å². The van der Waals surface area contributed by atoms with Gasteiger partial charge in [-0.1, -0.05) is 23.7 Å². The summed E-state index contributed by atoms with van der Waals surface area (Å²) in [6.45, 7) is 3.31. The number of nitrogens with one attached hydrogen (secondary N) is 1. The minimum atomic E-state index is -0.608. The van der Waals surface area contributed by atoms with Crippen molar-refractivity contribution in [3.63, 3.8) is 0 Å². The van der Waals surface area contributed by atoms with Crippen LogP contribution < -0.4 is 5.32 Å². The van der Waals surface area contributed by atoms with Crippen LogP contribution in [0.3, 0.4) is 0 Å². The van der Waals surface area contributed by atoms with Crippen LogP contribution in [0.25, 0.3) is 0 Å². The monoisotopic (exact) mass is 405 g/mol. The highest BCUT2D eigenvalue weighted by molar-refractivity contribution is 7.99. The zero-order valence-electron chi connectivity index (χ0n) is 14.7. The first-order chi connectivity index (χ1) is 13.0. The van der Waals surface area contributed by atoms with Crippen LogP contribution in [0.2, 0.25) is 5.02 Å². The Morgan fingerprint density at radius 2 is 1.89 bits per heavy atom. The van der Waals surface area contributed by atoms with Crippen molar-refractivity contribution in [2.24, 2.45) is 0 Å². The van der Waals surface area contributed by atoms with Gasteiger partial charge < -0.3 is 10.2 Å².